The maximum Gasteiger partial charge on any atom is 0.411 e. The molecule has 0 radical (unpaired) electrons. The molecule has 194 valence electrons. The fraction of sp³-hybridized carbons (Fsp3) is 0.400. The van der Waals surface area contributed by atoms with Crippen molar-refractivity contribution in [3.05, 3.63) is 63.8 Å². The standard InChI is InChI=1S/C15H21N5O3.C10H13NO2/c1-5-20-12(21)7-6-11(18-20)15-17-13(10(2)23-15)14(22)16-8-9-19(3)4;1-3-13-10(12)11-9-6-4-5-8(2)7-9/h6-7H,5,8-9H2,1-4H3,(H,16,22);4-7H,3H2,1-2H3,(H,11,12). The van der Waals surface area contributed by atoms with E-state index >= 15 is 0 Å². The van der Waals surface area contributed by atoms with Crippen LogP contribution in [0, 0.1) is 13.8 Å². The van der Waals surface area contributed by atoms with Crippen LogP contribution in [0.15, 0.2) is 45.6 Å². The van der Waals surface area contributed by atoms with Crippen molar-refractivity contribution < 1.29 is 18.7 Å². The van der Waals surface area contributed by atoms with Gasteiger partial charge in [-0.15, -0.1) is 0 Å². The minimum absolute atomic E-state index is 0.193. The van der Waals surface area contributed by atoms with E-state index in [-0.39, 0.29) is 23.1 Å². The smallest absolute Gasteiger partial charge is 0.411 e. The van der Waals surface area contributed by atoms with E-state index in [9.17, 15) is 14.4 Å². The average molecular weight is 499 g/mol. The minimum Gasteiger partial charge on any atom is -0.450 e. The second kappa shape index (κ2) is 13.8. The molecule has 0 saturated carbocycles. The zero-order valence-corrected chi connectivity index (χ0v) is 21.6. The molecular formula is C25H34N6O5. The number of aryl methyl sites for hydroxylation is 3. The largest absolute Gasteiger partial charge is 0.450 e. The molecule has 11 nitrogen and oxygen atoms in total. The number of aromatic nitrogens is 3. The average Bonchev–Trinajstić information content (AvgIpc) is 3.21. The molecule has 2 aromatic heterocycles. The van der Waals surface area contributed by atoms with E-state index in [0.717, 1.165) is 17.8 Å². The number of benzene rings is 1. The Bertz CT molecular complexity index is 1220. The van der Waals surface area contributed by atoms with Crippen molar-refractivity contribution in [2.24, 2.45) is 0 Å². The van der Waals surface area contributed by atoms with Gasteiger partial charge in [0, 0.05) is 31.4 Å². The van der Waals surface area contributed by atoms with Crippen LogP contribution >= 0.6 is 0 Å². The predicted molar refractivity (Wildman–Crippen MR) is 137 cm³/mol. The maximum atomic E-state index is 12.1. The van der Waals surface area contributed by atoms with Crippen LogP contribution < -0.4 is 16.2 Å². The first-order valence-electron chi connectivity index (χ1n) is 11.6. The topological polar surface area (TPSA) is 132 Å². The Morgan fingerprint density at radius 1 is 1.14 bits per heavy atom. The van der Waals surface area contributed by atoms with Gasteiger partial charge in [-0.2, -0.15) is 5.10 Å². The molecule has 0 unspecified atom stereocenters. The number of amides is 2. The van der Waals surface area contributed by atoms with E-state index < -0.39 is 6.09 Å². The zero-order valence-electron chi connectivity index (χ0n) is 21.6. The maximum absolute atomic E-state index is 12.1. The molecule has 0 bridgehead atoms. The summed E-state index contributed by atoms with van der Waals surface area (Å²) in [5.41, 5.74) is 2.32. The molecule has 0 atom stereocenters. The summed E-state index contributed by atoms with van der Waals surface area (Å²) in [7, 11) is 3.86. The monoisotopic (exact) mass is 498 g/mol. The molecule has 0 aliphatic heterocycles. The first-order chi connectivity index (χ1) is 17.1. The lowest BCUT2D eigenvalue weighted by molar-refractivity contribution is 0.0945. The summed E-state index contributed by atoms with van der Waals surface area (Å²) < 4.78 is 11.6. The first-order valence-corrected chi connectivity index (χ1v) is 11.6. The summed E-state index contributed by atoms with van der Waals surface area (Å²) >= 11 is 0. The molecule has 2 N–H and O–H groups in total. The normalized spacial score (nSPS) is 10.4. The Kier molecular flexibility index (Phi) is 10.8. The third-order valence-electron chi connectivity index (χ3n) is 4.78. The van der Waals surface area contributed by atoms with E-state index in [4.69, 9.17) is 9.15 Å². The van der Waals surface area contributed by atoms with Gasteiger partial charge in [0.15, 0.2) is 5.69 Å². The summed E-state index contributed by atoms with van der Waals surface area (Å²) in [5.74, 6) is 0.351. The highest BCUT2D eigenvalue weighted by atomic mass is 16.5. The Hall–Kier alpha value is -3.99. The summed E-state index contributed by atoms with van der Waals surface area (Å²) in [4.78, 5) is 40.9. The number of hydrogen-bond donors (Lipinski definition) is 2. The van der Waals surface area contributed by atoms with Crippen LogP contribution in [0.1, 0.15) is 35.7 Å². The molecule has 2 amide bonds. The van der Waals surface area contributed by atoms with Crippen LogP contribution in [0.4, 0.5) is 10.5 Å². The summed E-state index contributed by atoms with van der Waals surface area (Å²) in [5, 5.41) is 9.58. The predicted octanol–water partition coefficient (Wildman–Crippen LogP) is 3.08. The van der Waals surface area contributed by atoms with E-state index in [0.29, 0.717) is 31.2 Å². The molecule has 0 aliphatic carbocycles. The van der Waals surface area contributed by atoms with Crippen molar-refractivity contribution in [2.75, 3.05) is 39.1 Å². The van der Waals surface area contributed by atoms with Crippen molar-refractivity contribution in [1.82, 2.24) is 25.0 Å². The Labute approximate surface area is 210 Å². The van der Waals surface area contributed by atoms with Crippen molar-refractivity contribution in [2.45, 2.75) is 34.2 Å². The molecular weight excluding hydrogens is 464 g/mol. The number of nitrogens with one attached hydrogen (secondary N) is 2. The number of carbonyl (C=O) groups excluding carboxylic acids is 2. The van der Waals surface area contributed by atoms with Gasteiger partial charge in [-0.25, -0.2) is 14.5 Å². The summed E-state index contributed by atoms with van der Waals surface area (Å²) in [6.07, 6.45) is -0.409. The van der Waals surface area contributed by atoms with Crippen LogP contribution in [0.3, 0.4) is 0 Å². The van der Waals surface area contributed by atoms with E-state index in [1.54, 1.807) is 13.8 Å². The summed E-state index contributed by atoms with van der Waals surface area (Å²) in [6.45, 7) is 9.33. The molecule has 0 fully saturated rings. The highest BCUT2D eigenvalue weighted by Crippen LogP contribution is 2.19. The van der Waals surface area contributed by atoms with Gasteiger partial charge in [-0.3, -0.25) is 14.9 Å². The fourth-order valence-corrected chi connectivity index (χ4v) is 2.99. The number of nitrogens with zero attached hydrogens (tertiary/aromatic N) is 4. The van der Waals surface area contributed by atoms with Crippen LogP contribution in [0.5, 0.6) is 0 Å². The lowest BCUT2D eigenvalue weighted by atomic mass is 10.2. The lowest BCUT2D eigenvalue weighted by Gasteiger charge is -2.09. The fourth-order valence-electron chi connectivity index (χ4n) is 2.99. The molecule has 0 saturated heterocycles. The molecule has 11 heteroatoms. The number of anilines is 1. The van der Waals surface area contributed by atoms with Crippen molar-refractivity contribution in [1.29, 1.82) is 0 Å². The van der Waals surface area contributed by atoms with Gasteiger partial charge in [0.2, 0.25) is 5.89 Å². The highest BCUT2D eigenvalue weighted by Gasteiger charge is 2.19. The van der Waals surface area contributed by atoms with Crippen molar-refractivity contribution in [3.8, 4) is 11.6 Å². The van der Waals surface area contributed by atoms with Gasteiger partial charge in [-0.05, 0) is 65.6 Å². The second-order valence-electron chi connectivity index (χ2n) is 8.07. The SMILES string of the molecule is CCOC(=O)Nc1cccc(C)c1.CCn1nc(-c2nc(C(=O)NCCN(C)C)c(C)o2)ccc1=O. The molecule has 2 heterocycles. The highest BCUT2D eigenvalue weighted by molar-refractivity contribution is 5.93. The number of carbonyl (C=O) groups is 2. The molecule has 0 aliphatic rings. The van der Waals surface area contributed by atoms with Crippen LogP contribution in [-0.4, -0.2) is 65.5 Å². The molecule has 36 heavy (non-hydrogen) atoms. The lowest BCUT2D eigenvalue weighted by Crippen LogP contribution is -2.31. The molecule has 3 aromatic rings. The van der Waals surface area contributed by atoms with E-state index in [2.05, 4.69) is 20.7 Å². The number of oxazole rings is 1. The van der Waals surface area contributed by atoms with E-state index in [1.165, 1.54) is 16.8 Å². The van der Waals surface area contributed by atoms with Gasteiger partial charge in [0.05, 0.1) is 6.61 Å². The number of hydrogen-bond acceptors (Lipinski definition) is 8. The minimum atomic E-state index is -0.409. The third kappa shape index (κ3) is 8.66. The van der Waals surface area contributed by atoms with Crippen LogP contribution in [0.25, 0.3) is 11.6 Å². The zero-order chi connectivity index (χ0) is 26.7. The van der Waals surface area contributed by atoms with E-state index in [1.807, 2.05) is 57.1 Å². The van der Waals surface area contributed by atoms with Gasteiger partial charge in [0.25, 0.3) is 11.5 Å². The first kappa shape index (κ1) is 28.2. The van der Waals surface area contributed by atoms with Crippen molar-refractivity contribution in [3.63, 3.8) is 0 Å². The van der Waals surface area contributed by atoms with Crippen molar-refractivity contribution >= 4 is 17.7 Å². The molecule has 0 spiro atoms. The summed E-state index contributed by atoms with van der Waals surface area (Å²) in [6, 6.07) is 10.5. The Morgan fingerprint density at radius 3 is 2.53 bits per heavy atom. The van der Waals surface area contributed by atoms with Gasteiger partial charge in [0.1, 0.15) is 11.5 Å². The Balaban J connectivity index is 0.000000297. The molecule has 3 rings (SSSR count). The Morgan fingerprint density at radius 2 is 1.89 bits per heavy atom. The second-order valence-corrected chi connectivity index (χ2v) is 8.07. The van der Waals surface area contributed by atoms with Gasteiger partial charge < -0.3 is 19.4 Å². The number of rotatable bonds is 8. The quantitative estimate of drug-likeness (QED) is 0.484. The molecule has 1 aromatic carbocycles. The third-order valence-corrected chi connectivity index (χ3v) is 4.78. The van der Waals surface area contributed by atoms with Crippen LogP contribution in [-0.2, 0) is 11.3 Å². The van der Waals surface area contributed by atoms with Gasteiger partial charge >= 0.3 is 6.09 Å². The number of likely N-dealkylation sites (N-methyl/N-ethyl adjacent to an activating group) is 1. The van der Waals surface area contributed by atoms with Crippen LogP contribution in [0.2, 0.25) is 0 Å². The number of ether oxygens (including phenoxy) is 1. The van der Waals surface area contributed by atoms with Gasteiger partial charge in [-0.1, -0.05) is 12.1 Å².